The van der Waals surface area contributed by atoms with E-state index in [1.165, 1.54) is 0 Å². The Bertz CT molecular complexity index is 334. The molecule has 1 aromatic heterocycles. The summed E-state index contributed by atoms with van der Waals surface area (Å²) in [5, 5.41) is 3.30. The van der Waals surface area contributed by atoms with Gasteiger partial charge in [-0.3, -0.25) is 0 Å². The number of rotatable bonds is 6. The standard InChI is InChI=1S/C13H22N2O2/c1-13(2,3)17-9-8-14-10-11-6-5-7-15-12(11)16-4/h5-7,14H,8-10H2,1-4H3. The Morgan fingerprint density at radius 3 is 2.76 bits per heavy atom. The Morgan fingerprint density at radius 1 is 1.35 bits per heavy atom. The molecule has 1 aromatic rings. The average molecular weight is 238 g/mol. The van der Waals surface area contributed by atoms with Gasteiger partial charge >= 0.3 is 0 Å². The molecule has 0 unspecified atom stereocenters. The highest BCUT2D eigenvalue weighted by atomic mass is 16.5. The van der Waals surface area contributed by atoms with E-state index in [0.29, 0.717) is 12.5 Å². The van der Waals surface area contributed by atoms with Crippen LogP contribution in [-0.4, -0.2) is 30.8 Å². The number of methoxy groups -OCH3 is 1. The number of nitrogens with zero attached hydrogens (tertiary/aromatic N) is 1. The van der Waals surface area contributed by atoms with Gasteiger partial charge in [-0.15, -0.1) is 0 Å². The molecule has 0 aliphatic rings. The summed E-state index contributed by atoms with van der Waals surface area (Å²) in [7, 11) is 1.63. The molecule has 0 saturated heterocycles. The molecule has 0 spiro atoms. The van der Waals surface area contributed by atoms with E-state index in [1.807, 2.05) is 12.1 Å². The predicted octanol–water partition coefficient (Wildman–Crippen LogP) is 1.99. The number of hydrogen-bond donors (Lipinski definition) is 1. The molecule has 0 amide bonds. The van der Waals surface area contributed by atoms with Gasteiger partial charge in [0.15, 0.2) is 0 Å². The number of ether oxygens (including phenoxy) is 2. The van der Waals surface area contributed by atoms with Gasteiger partial charge in [-0.25, -0.2) is 4.98 Å². The fraction of sp³-hybridized carbons (Fsp3) is 0.615. The Balaban J connectivity index is 2.27. The van der Waals surface area contributed by atoms with E-state index in [-0.39, 0.29) is 5.60 Å². The quantitative estimate of drug-likeness (QED) is 0.770. The van der Waals surface area contributed by atoms with Crippen molar-refractivity contribution in [1.82, 2.24) is 10.3 Å². The Kier molecular flexibility index (Phi) is 5.38. The summed E-state index contributed by atoms with van der Waals surface area (Å²) in [6.07, 6.45) is 1.73. The fourth-order valence-electron chi connectivity index (χ4n) is 1.39. The molecule has 1 N–H and O–H groups in total. The van der Waals surface area contributed by atoms with Crippen LogP contribution in [0.3, 0.4) is 0 Å². The molecular formula is C13H22N2O2. The molecule has 0 atom stereocenters. The molecular weight excluding hydrogens is 216 g/mol. The first-order chi connectivity index (χ1) is 8.03. The number of pyridine rings is 1. The molecule has 17 heavy (non-hydrogen) atoms. The van der Waals surface area contributed by atoms with E-state index in [9.17, 15) is 0 Å². The third kappa shape index (κ3) is 5.65. The van der Waals surface area contributed by atoms with Crippen molar-refractivity contribution in [2.45, 2.75) is 32.9 Å². The van der Waals surface area contributed by atoms with Crippen molar-refractivity contribution in [2.75, 3.05) is 20.3 Å². The smallest absolute Gasteiger partial charge is 0.217 e. The number of hydrogen-bond acceptors (Lipinski definition) is 4. The minimum Gasteiger partial charge on any atom is -0.481 e. The SMILES string of the molecule is COc1ncccc1CNCCOC(C)(C)C. The molecule has 0 fully saturated rings. The largest absolute Gasteiger partial charge is 0.481 e. The summed E-state index contributed by atoms with van der Waals surface area (Å²) in [4.78, 5) is 4.14. The summed E-state index contributed by atoms with van der Waals surface area (Å²) in [5.41, 5.74) is 0.985. The maximum Gasteiger partial charge on any atom is 0.217 e. The summed E-state index contributed by atoms with van der Waals surface area (Å²) >= 11 is 0. The van der Waals surface area contributed by atoms with Crippen molar-refractivity contribution < 1.29 is 9.47 Å². The zero-order valence-electron chi connectivity index (χ0n) is 11.1. The van der Waals surface area contributed by atoms with Gasteiger partial charge in [0.1, 0.15) is 0 Å². The van der Waals surface area contributed by atoms with Crippen molar-refractivity contribution in [3.05, 3.63) is 23.9 Å². The molecule has 1 heterocycles. The first-order valence-electron chi connectivity index (χ1n) is 5.85. The molecule has 0 aliphatic carbocycles. The summed E-state index contributed by atoms with van der Waals surface area (Å²) < 4.78 is 10.8. The molecule has 0 bridgehead atoms. The van der Waals surface area contributed by atoms with Crippen LogP contribution >= 0.6 is 0 Å². The van der Waals surface area contributed by atoms with Gasteiger partial charge in [0.2, 0.25) is 5.88 Å². The second kappa shape index (κ2) is 6.57. The highest BCUT2D eigenvalue weighted by molar-refractivity contribution is 5.24. The zero-order valence-corrected chi connectivity index (χ0v) is 11.1. The predicted molar refractivity (Wildman–Crippen MR) is 68.2 cm³/mol. The van der Waals surface area contributed by atoms with Gasteiger partial charge in [0.25, 0.3) is 0 Å². The van der Waals surface area contributed by atoms with Crippen LogP contribution in [0.2, 0.25) is 0 Å². The van der Waals surface area contributed by atoms with Gasteiger partial charge in [-0.1, -0.05) is 6.07 Å². The second-order valence-electron chi connectivity index (χ2n) is 4.81. The molecule has 4 nitrogen and oxygen atoms in total. The van der Waals surface area contributed by atoms with E-state index in [2.05, 4.69) is 31.1 Å². The Morgan fingerprint density at radius 2 is 2.12 bits per heavy atom. The molecule has 96 valence electrons. The first kappa shape index (κ1) is 13.9. The molecule has 0 radical (unpaired) electrons. The third-order valence-corrected chi connectivity index (χ3v) is 2.17. The summed E-state index contributed by atoms with van der Waals surface area (Å²) in [6, 6.07) is 3.91. The third-order valence-electron chi connectivity index (χ3n) is 2.17. The van der Waals surface area contributed by atoms with Crippen LogP contribution in [0.4, 0.5) is 0 Å². The second-order valence-corrected chi connectivity index (χ2v) is 4.81. The molecule has 0 saturated carbocycles. The lowest BCUT2D eigenvalue weighted by Gasteiger charge is -2.19. The lowest BCUT2D eigenvalue weighted by atomic mass is 10.2. The van der Waals surface area contributed by atoms with Gasteiger partial charge in [-0.05, 0) is 26.8 Å². The molecule has 4 heteroatoms. The van der Waals surface area contributed by atoms with Gasteiger partial charge < -0.3 is 14.8 Å². The van der Waals surface area contributed by atoms with Crippen LogP contribution in [0.5, 0.6) is 5.88 Å². The van der Waals surface area contributed by atoms with Crippen LogP contribution in [0.1, 0.15) is 26.3 Å². The average Bonchev–Trinajstić information content (AvgIpc) is 2.27. The molecule has 0 aromatic carbocycles. The highest BCUT2D eigenvalue weighted by Gasteiger charge is 2.09. The minimum absolute atomic E-state index is 0.0757. The monoisotopic (exact) mass is 238 g/mol. The normalized spacial score (nSPS) is 11.5. The van der Waals surface area contributed by atoms with Crippen LogP contribution in [0.25, 0.3) is 0 Å². The summed E-state index contributed by atoms with van der Waals surface area (Å²) in [6.45, 7) is 8.41. The van der Waals surface area contributed by atoms with Gasteiger partial charge in [0.05, 0.1) is 19.3 Å². The Labute approximate surface area is 103 Å². The zero-order chi connectivity index (χ0) is 12.7. The Hall–Kier alpha value is -1.13. The van der Waals surface area contributed by atoms with Gasteiger partial charge in [-0.2, -0.15) is 0 Å². The van der Waals surface area contributed by atoms with Gasteiger partial charge in [0, 0.05) is 24.8 Å². The van der Waals surface area contributed by atoms with Crippen LogP contribution in [-0.2, 0) is 11.3 Å². The van der Waals surface area contributed by atoms with E-state index >= 15 is 0 Å². The van der Waals surface area contributed by atoms with Crippen molar-refractivity contribution in [2.24, 2.45) is 0 Å². The highest BCUT2D eigenvalue weighted by Crippen LogP contribution is 2.12. The van der Waals surface area contributed by atoms with E-state index in [1.54, 1.807) is 13.3 Å². The van der Waals surface area contributed by atoms with Crippen LogP contribution < -0.4 is 10.1 Å². The fourth-order valence-corrected chi connectivity index (χ4v) is 1.39. The van der Waals surface area contributed by atoms with E-state index in [4.69, 9.17) is 9.47 Å². The van der Waals surface area contributed by atoms with Crippen LogP contribution in [0.15, 0.2) is 18.3 Å². The maximum atomic E-state index is 5.61. The van der Waals surface area contributed by atoms with E-state index < -0.39 is 0 Å². The lowest BCUT2D eigenvalue weighted by molar-refractivity contribution is -0.000902. The maximum absolute atomic E-state index is 5.61. The van der Waals surface area contributed by atoms with Crippen molar-refractivity contribution in [1.29, 1.82) is 0 Å². The minimum atomic E-state index is -0.0757. The number of nitrogens with one attached hydrogen (secondary N) is 1. The molecule has 0 aliphatic heterocycles. The lowest BCUT2D eigenvalue weighted by Crippen LogP contribution is -2.26. The van der Waals surface area contributed by atoms with E-state index in [0.717, 1.165) is 18.7 Å². The topological polar surface area (TPSA) is 43.4 Å². The van der Waals surface area contributed by atoms with Crippen molar-refractivity contribution in [3.63, 3.8) is 0 Å². The molecule has 1 rings (SSSR count). The number of aromatic nitrogens is 1. The summed E-state index contributed by atoms with van der Waals surface area (Å²) in [5.74, 6) is 0.678. The first-order valence-corrected chi connectivity index (χ1v) is 5.85. The van der Waals surface area contributed by atoms with Crippen LogP contribution in [0, 0.1) is 0 Å². The van der Waals surface area contributed by atoms with Crippen molar-refractivity contribution in [3.8, 4) is 5.88 Å². The van der Waals surface area contributed by atoms with Crippen molar-refractivity contribution >= 4 is 0 Å².